The van der Waals surface area contributed by atoms with Gasteiger partial charge >= 0.3 is 0 Å². The fourth-order valence-electron chi connectivity index (χ4n) is 2.81. The molecule has 4 nitrogen and oxygen atoms in total. The molecule has 0 spiro atoms. The van der Waals surface area contributed by atoms with Crippen molar-refractivity contribution in [2.24, 2.45) is 0 Å². The molecular formula is C12H17BrN4. The van der Waals surface area contributed by atoms with Crippen molar-refractivity contribution in [1.29, 1.82) is 0 Å². The molecule has 0 bridgehead atoms. The molecule has 1 unspecified atom stereocenters. The van der Waals surface area contributed by atoms with Crippen LogP contribution in [0.2, 0.25) is 0 Å². The average molecular weight is 297 g/mol. The van der Waals surface area contributed by atoms with Crippen molar-refractivity contribution in [2.45, 2.75) is 25.3 Å². The minimum atomic E-state index is 0.713. The predicted octanol–water partition coefficient (Wildman–Crippen LogP) is 1.91. The number of hydrogen-bond acceptors (Lipinski definition) is 4. The molecule has 17 heavy (non-hydrogen) atoms. The monoisotopic (exact) mass is 296 g/mol. The van der Waals surface area contributed by atoms with Gasteiger partial charge in [-0.3, -0.25) is 4.90 Å². The molecule has 2 fully saturated rings. The van der Waals surface area contributed by atoms with Crippen molar-refractivity contribution in [2.75, 3.05) is 31.1 Å². The van der Waals surface area contributed by atoms with Crippen LogP contribution < -0.4 is 4.90 Å². The maximum absolute atomic E-state index is 4.39. The van der Waals surface area contributed by atoms with Crippen molar-refractivity contribution < 1.29 is 0 Å². The zero-order valence-corrected chi connectivity index (χ0v) is 11.4. The second kappa shape index (κ2) is 4.90. The molecule has 2 saturated heterocycles. The molecule has 0 aromatic carbocycles. The van der Waals surface area contributed by atoms with Crippen molar-refractivity contribution in [3.63, 3.8) is 0 Å². The summed E-state index contributed by atoms with van der Waals surface area (Å²) in [5.41, 5.74) is 0. The summed E-state index contributed by atoms with van der Waals surface area (Å²) in [6.07, 6.45) is 7.72. The van der Waals surface area contributed by atoms with Crippen LogP contribution in [-0.2, 0) is 0 Å². The highest BCUT2D eigenvalue weighted by Gasteiger charge is 2.29. The third-order valence-electron chi connectivity index (χ3n) is 3.73. The van der Waals surface area contributed by atoms with E-state index in [4.69, 9.17) is 0 Å². The van der Waals surface area contributed by atoms with E-state index in [1.54, 1.807) is 0 Å². The van der Waals surface area contributed by atoms with Gasteiger partial charge in [-0.05, 0) is 35.3 Å². The lowest BCUT2D eigenvalue weighted by molar-refractivity contribution is 0.133. The standard InChI is InChI=1S/C12H17BrN4/c13-10-7-14-12(15-8-10)17-6-5-16-4-2-1-3-11(16)9-17/h7-8,11H,1-6,9H2. The van der Waals surface area contributed by atoms with Gasteiger partial charge in [-0.15, -0.1) is 0 Å². The molecule has 2 aliphatic heterocycles. The smallest absolute Gasteiger partial charge is 0.225 e. The minimum Gasteiger partial charge on any atom is -0.338 e. The van der Waals surface area contributed by atoms with Crippen molar-refractivity contribution in [1.82, 2.24) is 14.9 Å². The molecule has 3 rings (SSSR count). The lowest BCUT2D eigenvalue weighted by Gasteiger charge is -2.43. The summed E-state index contributed by atoms with van der Waals surface area (Å²) in [5, 5.41) is 0. The Balaban J connectivity index is 1.71. The number of aromatic nitrogens is 2. The molecule has 0 amide bonds. The lowest BCUT2D eigenvalue weighted by Crippen LogP contribution is -2.55. The Morgan fingerprint density at radius 1 is 1.12 bits per heavy atom. The number of rotatable bonds is 1. The van der Waals surface area contributed by atoms with Gasteiger partial charge < -0.3 is 4.90 Å². The minimum absolute atomic E-state index is 0.713. The Labute approximate surface area is 110 Å². The van der Waals surface area contributed by atoms with Crippen LogP contribution in [0.15, 0.2) is 16.9 Å². The summed E-state index contributed by atoms with van der Waals surface area (Å²) < 4.78 is 0.942. The highest BCUT2D eigenvalue weighted by Crippen LogP contribution is 2.23. The van der Waals surface area contributed by atoms with Crippen LogP contribution in [0, 0.1) is 0 Å². The molecule has 1 aromatic heterocycles. The number of nitrogens with zero attached hydrogens (tertiary/aromatic N) is 4. The highest BCUT2D eigenvalue weighted by atomic mass is 79.9. The third-order valence-corrected chi connectivity index (χ3v) is 4.14. The Bertz CT molecular complexity index is 381. The van der Waals surface area contributed by atoms with Crippen molar-refractivity contribution in [3.05, 3.63) is 16.9 Å². The quantitative estimate of drug-likeness (QED) is 0.792. The first-order valence-corrected chi connectivity index (χ1v) is 7.09. The summed E-state index contributed by atoms with van der Waals surface area (Å²) in [4.78, 5) is 13.7. The molecule has 2 aliphatic rings. The average Bonchev–Trinajstić information content (AvgIpc) is 2.39. The number of halogens is 1. The van der Waals surface area contributed by atoms with Crippen molar-refractivity contribution >= 4 is 21.9 Å². The van der Waals surface area contributed by atoms with Crippen LogP contribution in [0.3, 0.4) is 0 Å². The Hall–Kier alpha value is -0.680. The maximum Gasteiger partial charge on any atom is 0.225 e. The molecule has 1 atom stereocenters. The van der Waals surface area contributed by atoms with Gasteiger partial charge in [0.2, 0.25) is 5.95 Å². The summed E-state index contributed by atoms with van der Waals surface area (Å²) in [5.74, 6) is 0.874. The summed E-state index contributed by atoms with van der Waals surface area (Å²) in [6.45, 7) is 4.57. The van der Waals surface area contributed by atoms with Gasteiger partial charge in [-0.25, -0.2) is 9.97 Å². The van der Waals surface area contributed by atoms with Crippen LogP contribution in [0.5, 0.6) is 0 Å². The number of piperazine rings is 1. The SMILES string of the molecule is Brc1cnc(N2CCN3CCCCC3C2)nc1. The van der Waals surface area contributed by atoms with Gasteiger partial charge in [0, 0.05) is 38.1 Å². The van der Waals surface area contributed by atoms with E-state index in [9.17, 15) is 0 Å². The van der Waals surface area contributed by atoms with Crippen LogP contribution in [0.25, 0.3) is 0 Å². The van der Waals surface area contributed by atoms with Crippen LogP contribution in [0.4, 0.5) is 5.95 Å². The van der Waals surface area contributed by atoms with Gasteiger partial charge in [-0.1, -0.05) is 6.42 Å². The number of piperidine rings is 1. The fraction of sp³-hybridized carbons (Fsp3) is 0.667. The molecule has 1 aromatic rings. The molecule has 3 heterocycles. The molecule has 0 aliphatic carbocycles. The molecular weight excluding hydrogens is 280 g/mol. The molecule has 5 heteroatoms. The molecule has 92 valence electrons. The van der Waals surface area contributed by atoms with E-state index in [0.717, 1.165) is 30.1 Å². The zero-order chi connectivity index (χ0) is 11.7. The zero-order valence-electron chi connectivity index (χ0n) is 9.85. The van der Waals surface area contributed by atoms with E-state index in [1.807, 2.05) is 12.4 Å². The fourth-order valence-corrected chi connectivity index (χ4v) is 3.01. The normalized spacial score (nSPS) is 25.7. The molecule has 0 N–H and O–H groups in total. The summed E-state index contributed by atoms with van der Waals surface area (Å²) in [6, 6.07) is 0.713. The van der Waals surface area contributed by atoms with Gasteiger partial charge in [0.15, 0.2) is 0 Å². The topological polar surface area (TPSA) is 32.3 Å². The van der Waals surface area contributed by atoms with Gasteiger partial charge in [0.1, 0.15) is 0 Å². The first-order valence-electron chi connectivity index (χ1n) is 6.29. The van der Waals surface area contributed by atoms with Gasteiger partial charge in [0.25, 0.3) is 0 Å². The Morgan fingerprint density at radius 2 is 1.94 bits per heavy atom. The first kappa shape index (κ1) is 11.4. The van der Waals surface area contributed by atoms with Crippen LogP contribution in [-0.4, -0.2) is 47.1 Å². The Morgan fingerprint density at radius 3 is 2.76 bits per heavy atom. The van der Waals surface area contributed by atoms with Crippen LogP contribution in [0.1, 0.15) is 19.3 Å². The van der Waals surface area contributed by atoms with E-state index >= 15 is 0 Å². The summed E-state index contributed by atoms with van der Waals surface area (Å²) in [7, 11) is 0. The third kappa shape index (κ3) is 2.45. The second-order valence-electron chi connectivity index (χ2n) is 4.83. The number of anilines is 1. The first-order chi connectivity index (χ1) is 8.33. The molecule has 0 saturated carbocycles. The predicted molar refractivity (Wildman–Crippen MR) is 71.2 cm³/mol. The Kier molecular flexibility index (Phi) is 3.29. The van der Waals surface area contributed by atoms with E-state index in [1.165, 1.54) is 25.8 Å². The maximum atomic E-state index is 4.39. The van der Waals surface area contributed by atoms with Gasteiger partial charge in [-0.2, -0.15) is 0 Å². The van der Waals surface area contributed by atoms with E-state index in [2.05, 4.69) is 35.7 Å². The molecule has 0 radical (unpaired) electrons. The number of fused-ring (bicyclic) bond motifs is 1. The second-order valence-corrected chi connectivity index (χ2v) is 5.75. The summed E-state index contributed by atoms with van der Waals surface area (Å²) >= 11 is 3.37. The van der Waals surface area contributed by atoms with E-state index in [0.29, 0.717) is 6.04 Å². The lowest BCUT2D eigenvalue weighted by atomic mass is 10.00. The van der Waals surface area contributed by atoms with Gasteiger partial charge in [0.05, 0.1) is 4.47 Å². The highest BCUT2D eigenvalue weighted by molar-refractivity contribution is 9.10. The van der Waals surface area contributed by atoms with Crippen LogP contribution >= 0.6 is 15.9 Å². The van der Waals surface area contributed by atoms with E-state index < -0.39 is 0 Å². The van der Waals surface area contributed by atoms with E-state index in [-0.39, 0.29) is 0 Å². The number of hydrogen-bond donors (Lipinski definition) is 0. The largest absolute Gasteiger partial charge is 0.338 e. The van der Waals surface area contributed by atoms with Crippen molar-refractivity contribution in [3.8, 4) is 0 Å².